The van der Waals surface area contributed by atoms with Crippen molar-refractivity contribution in [3.8, 4) is 23.0 Å². The van der Waals surface area contributed by atoms with E-state index in [1.165, 1.54) is 0 Å². The zero-order chi connectivity index (χ0) is 20.1. The second-order valence-electron chi connectivity index (χ2n) is 7.38. The quantitative estimate of drug-likeness (QED) is 0.746. The minimum Gasteiger partial charge on any atom is -0.497 e. The van der Waals surface area contributed by atoms with Gasteiger partial charge in [-0.15, -0.1) is 0 Å². The number of nitrogens with zero attached hydrogens (tertiary/aromatic N) is 2. The number of rotatable bonds is 5. The van der Waals surface area contributed by atoms with Crippen LogP contribution in [0.2, 0.25) is 5.02 Å². The maximum Gasteiger partial charge on any atom is 0.244 e. The summed E-state index contributed by atoms with van der Waals surface area (Å²) in [5.41, 5.74) is 1.69. The molecule has 2 saturated heterocycles. The first-order valence-corrected chi connectivity index (χ1v) is 9.84. The Morgan fingerprint density at radius 2 is 1.93 bits per heavy atom. The molecule has 152 valence electrons. The lowest BCUT2D eigenvalue weighted by molar-refractivity contribution is -0.122. The number of fused-ring (bicyclic) bond motifs is 3. The predicted octanol–water partition coefficient (Wildman–Crippen LogP) is 3.08. The summed E-state index contributed by atoms with van der Waals surface area (Å²) in [4.78, 5) is 17.2. The average Bonchev–Trinajstić information content (AvgIpc) is 3.42. The molecule has 3 aliphatic rings. The number of hydrogen-bond donors (Lipinski definition) is 0. The molecule has 29 heavy (non-hydrogen) atoms. The van der Waals surface area contributed by atoms with Crippen molar-refractivity contribution in [3.05, 3.63) is 40.9 Å². The van der Waals surface area contributed by atoms with E-state index in [-0.39, 0.29) is 24.8 Å². The fourth-order valence-corrected chi connectivity index (χ4v) is 4.65. The molecule has 2 aromatic rings. The molecule has 8 heteroatoms. The zero-order valence-electron chi connectivity index (χ0n) is 16.2. The van der Waals surface area contributed by atoms with Gasteiger partial charge in [-0.3, -0.25) is 9.69 Å². The monoisotopic (exact) mass is 416 g/mol. The summed E-state index contributed by atoms with van der Waals surface area (Å²) >= 11 is 6.43. The molecule has 0 saturated carbocycles. The maximum atomic E-state index is 13.2. The van der Waals surface area contributed by atoms with Crippen LogP contribution in [0.25, 0.3) is 0 Å². The third-order valence-corrected chi connectivity index (χ3v) is 6.18. The van der Waals surface area contributed by atoms with E-state index in [1.807, 2.05) is 29.2 Å². The van der Waals surface area contributed by atoms with Crippen LogP contribution in [0.5, 0.6) is 23.0 Å². The minimum absolute atomic E-state index is 0.0738. The van der Waals surface area contributed by atoms with Gasteiger partial charge < -0.3 is 23.8 Å². The zero-order valence-corrected chi connectivity index (χ0v) is 16.9. The Morgan fingerprint density at radius 1 is 1.14 bits per heavy atom. The Bertz CT molecular complexity index is 982. The molecule has 7 nitrogen and oxygen atoms in total. The molecule has 5 rings (SSSR count). The number of likely N-dealkylation sites (tertiary alicyclic amines) is 1. The molecule has 1 amide bonds. The average molecular weight is 417 g/mol. The molecule has 2 aromatic carbocycles. The summed E-state index contributed by atoms with van der Waals surface area (Å²) < 4.78 is 21.7. The van der Waals surface area contributed by atoms with Gasteiger partial charge >= 0.3 is 0 Å². The number of benzene rings is 2. The van der Waals surface area contributed by atoms with E-state index in [2.05, 4.69) is 4.90 Å². The van der Waals surface area contributed by atoms with E-state index < -0.39 is 0 Å². The van der Waals surface area contributed by atoms with E-state index >= 15 is 0 Å². The first-order chi connectivity index (χ1) is 14.1. The second-order valence-corrected chi connectivity index (χ2v) is 7.78. The number of piperazine rings is 1. The minimum atomic E-state index is -0.183. The molecule has 2 atom stereocenters. The second kappa shape index (κ2) is 7.00. The van der Waals surface area contributed by atoms with Crippen molar-refractivity contribution in [1.29, 1.82) is 0 Å². The van der Waals surface area contributed by atoms with Crippen molar-refractivity contribution < 1.29 is 23.7 Å². The van der Waals surface area contributed by atoms with Gasteiger partial charge in [-0.2, -0.15) is 0 Å². The topological polar surface area (TPSA) is 60.5 Å². The van der Waals surface area contributed by atoms with Crippen molar-refractivity contribution in [2.75, 3.05) is 32.5 Å². The molecule has 3 aliphatic heterocycles. The van der Waals surface area contributed by atoms with Crippen molar-refractivity contribution in [3.63, 3.8) is 0 Å². The van der Waals surface area contributed by atoms with Gasteiger partial charge in [0, 0.05) is 30.2 Å². The lowest BCUT2D eigenvalue weighted by Crippen LogP contribution is -2.50. The van der Waals surface area contributed by atoms with E-state index in [4.69, 9.17) is 30.5 Å². The van der Waals surface area contributed by atoms with Gasteiger partial charge in [0.1, 0.15) is 11.5 Å². The summed E-state index contributed by atoms with van der Waals surface area (Å²) in [7, 11) is 3.22. The van der Waals surface area contributed by atoms with Crippen LogP contribution in [-0.4, -0.2) is 50.4 Å². The van der Waals surface area contributed by atoms with Crippen molar-refractivity contribution >= 4 is 23.2 Å². The van der Waals surface area contributed by atoms with Crippen LogP contribution in [0, 0.1) is 0 Å². The van der Waals surface area contributed by atoms with Gasteiger partial charge in [0.05, 0.1) is 32.0 Å². The van der Waals surface area contributed by atoms with E-state index in [0.717, 1.165) is 24.2 Å². The number of methoxy groups -OCH3 is 2. The summed E-state index contributed by atoms with van der Waals surface area (Å²) in [6.45, 7) is 1.56. The van der Waals surface area contributed by atoms with Crippen LogP contribution in [0.1, 0.15) is 12.0 Å². The largest absolute Gasteiger partial charge is 0.497 e. The third kappa shape index (κ3) is 2.96. The summed E-state index contributed by atoms with van der Waals surface area (Å²) in [5.74, 6) is 2.79. The number of amides is 1. The third-order valence-electron chi connectivity index (χ3n) is 5.83. The van der Waals surface area contributed by atoms with Crippen LogP contribution in [0.15, 0.2) is 30.3 Å². The van der Waals surface area contributed by atoms with Gasteiger partial charge in [-0.25, -0.2) is 0 Å². The molecule has 0 aromatic heterocycles. The highest BCUT2D eigenvalue weighted by Gasteiger charge is 2.50. The first-order valence-electron chi connectivity index (χ1n) is 9.46. The normalized spacial score (nSPS) is 22.4. The van der Waals surface area contributed by atoms with Gasteiger partial charge in [-0.1, -0.05) is 11.6 Å². The summed E-state index contributed by atoms with van der Waals surface area (Å²) in [5, 5.41) is 0.621. The van der Waals surface area contributed by atoms with Crippen LogP contribution < -0.4 is 23.8 Å². The maximum absolute atomic E-state index is 13.2. The molecule has 3 heterocycles. The number of carbonyl (C=O) groups excluding carboxylic acids is 1. The summed E-state index contributed by atoms with van der Waals surface area (Å²) in [6.07, 6.45) is 0.779. The number of ether oxygens (including phenoxy) is 4. The van der Waals surface area contributed by atoms with Crippen LogP contribution in [0.3, 0.4) is 0 Å². The number of anilines is 1. The molecule has 0 unspecified atom stereocenters. The molecule has 2 fully saturated rings. The van der Waals surface area contributed by atoms with Crippen molar-refractivity contribution in [2.24, 2.45) is 0 Å². The van der Waals surface area contributed by atoms with Gasteiger partial charge in [0.25, 0.3) is 0 Å². The van der Waals surface area contributed by atoms with E-state index in [9.17, 15) is 4.79 Å². The SMILES string of the molecule is COc1ccc(OC)c(N2C(=O)[C@@H]3C[C@H]2CN3Cc2cc3c(cc2Cl)OCO3)c1. The Morgan fingerprint density at radius 3 is 2.66 bits per heavy atom. The van der Waals surface area contributed by atoms with Gasteiger partial charge in [0.2, 0.25) is 12.7 Å². The number of carbonyl (C=O) groups is 1. The molecule has 0 spiro atoms. The molecular weight excluding hydrogens is 396 g/mol. The number of hydrogen-bond acceptors (Lipinski definition) is 6. The van der Waals surface area contributed by atoms with Crippen LogP contribution >= 0.6 is 11.6 Å². The molecule has 0 aliphatic carbocycles. The molecular formula is C21H21ClN2O5. The van der Waals surface area contributed by atoms with E-state index in [1.54, 1.807) is 20.3 Å². The fourth-order valence-electron chi connectivity index (χ4n) is 4.44. The first kappa shape index (κ1) is 18.4. The molecule has 2 bridgehead atoms. The standard InChI is InChI=1S/C21H21ClN2O5/c1-26-14-3-4-18(27-2)16(7-14)24-13-6-17(21(24)25)23(10-13)9-12-5-19-20(8-15(12)22)29-11-28-19/h3-5,7-8,13,17H,6,9-11H2,1-2H3/t13-,17-/m0/s1. The highest BCUT2D eigenvalue weighted by atomic mass is 35.5. The molecule has 0 radical (unpaired) electrons. The van der Waals surface area contributed by atoms with Crippen LogP contribution in [-0.2, 0) is 11.3 Å². The van der Waals surface area contributed by atoms with Gasteiger partial charge in [0.15, 0.2) is 11.5 Å². The number of halogens is 1. The fraction of sp³-hybridized carbons (Fsp3) is 0.381. The summed E-state index contributed by atoms with van der Waals surface area (Å²) in [6, 6.07) is 9.11. The smallest absolute Gasteiger partial charge is 0.244 e. The Balaban J connectivity index is 1.38. The lowest BCUT2D eigenvalue weighted by Gasteiger charge is -2.34. The Kier molecular flexibility index (Phi) is 4.44. The Labute approximate surface area is 173 Å². The van der Waals surface area contributed by atoms with Crippen molar-refractivity contribution in [1.82, 2.24) is 4.90 Å². The highest BCUT2D eigenvalue weighted by Crippen LogP contribution is 2.43. The van der Waals surface area contributed by atoms with Gasteiger partial charge in [-0.05, 0) is 30.2 Å². The van der Waals surface area contributed by atoms with Crippen molar-refractivity contribution in [2.45, 2.75) is 25.0 Å². The lowest BCUT2D eigenvalue weighted by atomic mass is 10.1. The van der Waals surface area contributed by atoms with Crippen LogP contribution in [0.4, 0.5) is 5.69 Å². The molecule has 0 N–H and O–H groups in total. The van der Waals surface area contributed by atoms with E-state index in [0.29, 0.717) is 34.6 Å². The Hall–Kier alpha value is -2.64. The highest BCUT2D eigenvalue weighted by molar-refractivity contribution is 6.31. The predicted molar refractivity (Wildman–Crippen MR) is 107 cm³/mol.